The molecule has 462 valence electrons. The Labute approximate surface area is 523 Å². The first kappa shape index (κ1) is 68.1. The number of rotatable bonds is 22. The number of carbonyl (C=O) groups excluding carboxylic acids is 3. The Balaban J connectivity index is 0.000000272. The number of nitrogens with zero attached hydrogens (tertiary/aromatic N) is 5. The van der Waals surface area contributed by atoms with Gasteiger partial charge in [-0.15, -0.1) is 0 Å². The molecule has 3 amide bonds. The summed E-state index contributed by atoms with van der Waals surface area (Å²) in [7, 11) is 6.78. The SMILES string of the molecule is CC/C(=C(/c1ccc(OCCCC/C=C/C(=O)N(C)C)nc1)c1cc2ccccc2[nH]1)c1ccc(F)cc1Cl.CC/C(=C(/c1ccc(OCCN(C/C=C/C(=O)N(C)C)C(=O)OC(C)(C)C)nc1)c1cc2ccccc2[nH]1)c1ccc(F)cc1Cl.O=CO. The number of H-pyrrole nitrogens is 2. The first-order valence-electron chi connectivity index (χ1n) is 28.7. The van der Waals surface area contributed by atoms with E-state index in [2.05, 4.69) is 45.1 Å². The second kappa shape index (κ2) is 33.2. The number of fused-ring (bicyclic) bond motifs is 2. The molecule has 0 fully saturated rings. The van der Waals surface area contributed by atoms with Gasteiger partial charge in [-0.3, -0.25) is 14.4 Å². The molecule has 15 nitrogen and oxygen atoms in total. The predicted octanol–water partition coefficient (Wildman–Crippen LogP) is 15.6. The van der Waals surface area contributed by atoms with E-state index in [0.29, 0.717) is 41.3 Å². The van der Waals surface area contributed by atoms with Crippen molar-refractivity contribution in [2.75, 3.05) is 54.5 Å². The van der Waals surface area contributed by atoms with Gasteiger partial charge in [0.1, 0.15) is 23.8 Å². The van der Waals surface area contributed by atoms with Gasteiger partial charge in [-0.2, -0.15) is 0 Å². The molecule has 0 bridgehead atoms. The van der Waals surface area contributed by atoms with Gasteiger partial charge in [0, 0.05) is 121 Å². The van der Waals surface area contributed by atoms with Crippen LogP contribution in [0.5, 0.6) is 11.8 Å². The Bertz CT molecular complexity index is 3710. The average molecular weight is 1240 g/mol. The molecule has 8 aromatic rings. The Hall–Kier alpha value is -9.06. The molecular formula is C69H75Cl2F2N7O8. The molecule has 0 aliphatic rings. The maximum atomic E-state index is 14.0. The average Bonchev–Trinajstić information content (AvgIpc) is 3.16. The third-order valence-corrected chi connectivity index (χ3v) is 14.1. The van der Waals surface area contributed by atoms with Crippen LogP contribution in [-0.2, 0) is 19.1 Å². The van der Waals surface area contributed by atoms with E-state index in [1.54, 1.807) is 96.6 Å². The summed E-state index contributed by atoms with van der Waals surface area (Å²) in [5, 5.41) is 9.74. The number of hydrogen-bond donors (Lipinski definition) is 3. The van der Waals surface area contributed by atoms with Crippen LogP contribution in [-0.4, -0.2) is 124 Å². The number of unbranched alkanes of at least 4 members (excludes halogenated alkanes) is 2. The van der Waals surface area contributed by atoms with Crippen molar-refractivity contribution in [3.63, 3.8) is 0 Å². The second-order valence-corrected chi connectivity index (χ2v) is 22.3. The molecule has 0 aliphatic heterocycles. The molecular weight excluding hydrogens is 1160 g/mol. The fraction of sp³-hybridized carbons (Fsp3) is 0.275. The van der Waals surface area contributed by atoms with Gasteiger partial charge >= 0.3 is 6.09 Å². The lowest BCUT2D eigenvalue weighted by atomic mass is 9.91. The highest BCUT2D eigenvalue weighted by Gasteiger charge is 2.23. The topological polar surface area (TPSA) is 183 Å². The number of carboxylic acid groups (broad SMARTS) is 1. The van der Waals surface area contributed by atoms with Gasteiger partial charge in [-0.1, -0.05) is 97.7 Å². The number of hydrogen-bond acceptors (Lipinski definition) is 9. The normalized spacial score (nSPS) is 11.9. The highest BCUT2D eigenvalue weighted by Crippen LogP contribution is 2.40. The minimum atomic E-state index is -0.678. The monoisotopic (exact) mass is 1240 g/mol. The largest absolute Gasteiger partial charge is 0.483 e. The molecule has 88 heavy (non-hydrogen) atoms. The van der Waals surface area contributed by atoms with Crippen molar-refractivity contribution in [1.29, 1.82) is 0 Å². The van der Waals surface area contributed by atoms with Gasteiger partial charge in [0.2, 0.25) is 23.6 Å². The minimum absolute atomic E-state index is 0.00987. The van der Waals surface area contributed by atoms with E-state index in [-0.39, 0.29) is 43.8 Å². The van der Waals surface area contributed by atoms with Crippen molar-refractivity contribution in [2.45, 2.75) is 72.3 Å². The van der Waals surface area contributed by atoms with Crippen LogP contribution in [0.15, 0.2) is 158 Å². The lowest BCUT2D eigenvalue weighted by Gasteiger charge is -2.26. The molecule has 0 aliphatic carbocycles. The van der Waals surface area contributed by atoms with Gasteiger partial charge in [-0.05, 0) is 142 Å². The number of halogens is 4. The van der Waals surface area contributed by atoms with E-state index in [0.717, 1.165) is 97.0 Å². The van der Waals surface area contributed by atoms with Crippen molar-refractivity contribution in [3.8, 4) is 11.8 Å². The number of aromatic amines is 2. The first-order chi connectivity index (χ1) is 42.1. The fourth-order valence-corrected chi connectivity index (χ4v) is 9.81. The van der Waals surface area contributed by atoms with Gasteiger partial charge in [0.15, 0.2) is 0 Å². The summed E-state index contributed by atoms with van der Waals surface area (Å²) in [6.07, 6.45) is 13.5. The second-order valence-electron chi connectivity index (χ2n) is 21.5. The fourth-order valence-electron chi connectivity index (χ4n) is 9.25. The predicted molar refractivity (Wildman–Crippen MR) is 347 cm³/mol. The van der Waals surface area contributed by atoms with E-state index in [1.807, 2.05) is 73.7 Å². The zero-order valence-electron chi connectivity index (χ0n) is 51.0. The van der Waals surface area contributed by atoms with Gasteiger partial charge < -0.3 is 44.0 Å². The Morgan fingerprint density at radius 1 is 0.625 bits per heavy atom. The molecule has 0 spiro atoms. The standard InChI is InChI=1S/C36H40ClFN4O4.C32H33ClFN3O2.CH2O2/c1-7-27(28-16-15-26(38)22-29(28)37)34(31-21-24-11-8-9-12-30(24)40-31)25-14-17-32(39-23-25)45-20-19-42(35(44)46-36(2,3)4)18-10-13-33(43)41(5)6;1-4-25(26-16-15-24(34)20-27(26)33)32(29-19-22-11-8-9-12-28(22)36-29)23-14-17-30(35-21-23)39-18-10-6-5-7-13-31(38)37(2)3;2-1-3/h8-17,21-23,40H,7,18-20H2,1-6H3;7-9,11-17,19-21,36H,4-6,10,18H2,1-3H3;1H,(H,2,3)/b13-10+,34-27+;13-7+,32-25+;. The zero-order chi connectivity index (χ0) is 63.9. The quantitative estimate of drug-likeness (QED) is 0.0335. The molecule has 4 aromatic heterocycles. The summed E-state index contributed by atoms with van der Waals surface area (Å²) in [5.41, 5.74) is 10.2. The van der Waals surface area contributed by atoms with Gasteiger partial charge in [0.05, 0.1) is 23.2 Å². The number of amides is 3. The summed E-state index contributed by atoms with van der Waals surface area (Å²) in [5.74, 6) is -0.0377. The lowest BCUT2D eigenvalue weighted by molar-refractivity contribution is -0.124. The molecule has 4 aromatic carbocycles. The summed E-state index contributed by atoms with van der Waals surface area (Å²) in [4.78, 5) is 65.4. The van der Waals surface area contributed by atoms with E-state index < -0.39 is 17.5 Å². The highest BCUT2D eigenvalue weighted by molar-refractivity contribution is 6.33. The molecule has 4 heterocycles. The Morgan fingerprint density at radius 2 is 1.08 bits per heavy atom. The lowest BCUT2D eigenvalue weighted by Crippen LogP contribution is -2.39. The molecule has 0 saturated carbocycles. The molecule has 19 heteroatoms. The Kier molecular flexibility index (Phi) is 25.7. The minimum Gasteiger partial charge on any atom is -0.483 e. The highest BCUT2D eigenvalue weighted by atomic mass is 35.5. The van der Waals surface area contributed by atoms with Crippen LogP contribution >= 0.6 is 23.2 Å². The van der Waals surface area contributed by atoms with Crippen molar-refractivity contribution in [3.05, 3.63) is 213 Å². The number of carbonyl (C=O) groups is 4. The smallest absolute Gasteiger partial charge is 0.410 e. The van der Waals surface area contributed by atoms with Crippen LogP contribution in [0, 0.1) is 11.6 Å². The number of likely N-dealkylation sites (N-methyl/N-ethyl adjacent to an activating group) is 2. The third kappa shape index (κ3) is 19.7. The number of ether oxygens (including phenoxy) is 3. The summed E-state index contributed by atoms with van der Waals surface area (Å²) in [6, 6.07) is 36.8. The van der Waals surface area contributed by atoms with Crippen molar-refractivity contribution in [2.24, 2.45) is 0 Å². The number of aromatic nitrogens is 4. The van der Waals surface area contributed by atoms with Crippen LogP contribution in [0.25, 0.3) is 44.1 Å². The molecule has 8 rings (SSSR count). The van der Waals surface area contributed by atoms with Crippen LogP contribution in [0.1, 0.15) is 100 Å². The molecule has 0 saturated heterocycles. The van der Waals surface area contributed by atoms with E-state index in [1.165, 1.54) is 40.1 Å². The van der Waals surface area contributed by atoms with E-state index in [9.17, 15) is 23.2 Å². The van der Waals surface area contributed by atoms with Crippen LogP contribution < -0.4 is 9.47 Å². The number of para-hydroxylation sites is 2. The van der Waals surface area contributed by atoms with E-state index in [4.69, 9.17) is 47.3 Å². The number of nitrogens with one attached hydrogen (secondary N) is 2. The number of pyridine rings is 2. The zero-order valence-corrected chi connectivity index (χ0v) is 52.5. The van der Waals surface area contributed by atoms with Crippen molar-refractivity contribution in [1.82, 2.24) is 34.6 Å². The van der Waals surface area contributed by atoms with Crippen LogP contribution in [0.4, 0.5) is 13.6 Å². The number of allylic oxidation sites excluding steroid dienone is 3. The molecule has 0 radical (unpaired) electrons. The summed E-state index contributed by atoms with van der Waals surface area (Å²) < 4.78 is 45.1. The van der Waals surface area contributed by atoms with Gasteiger partial charge in [0.25, 0.3) is 6.47 Å². The van der Waals surface area contributed by atoms with Crippen molar-refractivity contribution >= 4 is 91.7 Å². The summed E-state index contributed by atoms with van der Waals surface area (Å²) in [6.45, 7) is 10.3. The number of benzene rings is 4. The Morgan fingerprint density at radius 3 is 1.49 bits per heavy atom. The molecule has 0 atom stereocenters. The summed E-state index contributed by atoms with van der Waals surface area (Å²) >= 11 is 13.1. The van der Waals surface area contributed by atoms with Crippen molar-refractivity contribution < 1.29 is 47.3 Å². The first-order valence-corrected chi connectivity index (χ1v) is 29.4. The van der Waals surface area contributed by atoms with Crippen LogP contribution in [0.2, 0.25) is 10.0 Å². The molecule has 3 N–H and O–H groups in total. The van der Waals surface area contributed by atoms with Gasteiger partial charge in [-0.25, -0.2) is 23.5 Å². The maximum Gasteiger partial charge on any atom is 0.410 e. The van der Waals surface area contributed by atoms with E-state index >= 15 is 0 Å². The van der Waals surface area contributed by atoms with Crippen LogP contribution in [0.3, 0.4) is 0 Å². The maximum absolute atomic E-state index is 14.0. The third-order valence-electron chi connectivity index (χ3n) is 13.5. The molecule has 0 unspecified atom stereocenters.